The third-order valence-electron chi connectivity index (χ3n) is 8.11. The van der Waals surface area contributed by atoms with Gasteiger partial charge in [0, 0.05) is 28.7 Å². The lowest BCUT2D eigenvalue weighted by molar-refractivity contribution is 0.0588. The Balaban J connectivity index is 1.56. The van der Waals surface area contributed by atoms with Crippen molar-refractivity contribution in [3.63, 3.8) is 0 Å². The SMILES string of the molecule is CCC(CCC1c2[nH]c3ccccc3c2CCN1C(=O)c1ccccc1F)(c1ccccc1)N(C)C. The molecule has 0 radical (unpaired) electrons. The molecule has 1 aromatic heterocycles. The van der Waals surface area contributed by atoms with Crippen LogP contribution in [0.4, 0.5) is 4.39 Å². The minimum absolute atomic E-state index is 0.138. The second-order valence-corrected chi connectivity index (χ2v) is 9.99. The number of para-hydroxylation sites is 1. The molecule has 3 aromatic carbocycles. The molecular weight excluding hydrogens is 449 g/mol. The van der Waals surface area contributed by atoms with Crippen molar-refractivity contribution in [3.8, 4) is 0 Å². The molecule has 4 nitrogen and oxygen atoms in total. The summed E-state index contributed by atoms with van der Waals surface area (Å²) in [5.74, 6) is -0.710. The zero-order valence-corrected chi connectivity index (χ0v) is 21.3. The summed E-state index contributed by atoms with van der Waals surface area (Å²) in [7, 11) is 4.27. The third-order valence-corrected chi connectivity index (χ3v) is 8.11. The van der Waals surface area contributed by atoms with E-state index < -0.39 is 5.82 Å². The Morgan fingerprint density at radius 3 is 2.44 bits per heavy atom. The van der Waals surface area contributed by atoms with Crippen molar-refractivity contribution in [3.05, 3.63) is 107 Å². The van der Waals surface area contributed by atoms with Crippen molar-refractivity contribution in [1.82, 2.24) is 14.8 Å². The van der Waals surface area contributed by atoms with Gasteiger partial charge in [0.25, 0.3) is 5.91 Å². The van der Waals surface area contributed by atoms with Gasteiger partial charge in [0.2, 0.25) is 0 Å². The number of rotatable bonds is 7. The monoisotopic (exact) mass is 483 g/mol. The Hall–Kier alpha value is -3.44. The van der Waals surface area contributed by atoms with Gasteiger partial charge >= 0.3 is 0 Å². The fourth-order valence-corrected chi connectivity index (χ4v) is 6.10. The number of fused-ring (bicyclic) bond motifs is 3. The number of halogens is 1. The van der Waals surface area contributed by atoms with Crippen molar-refractivity contribution in [2.45, 2.75) is 44.2 Å². The molecule has 2 atom stereocenters. The first-order chi connectivity index (χ1) is 17.5. The second-order valence-electron chi connectivity index (χ2n) is 9.99. The molecule has 0 saturated carbocycles. The van der Waals surface area contributed by atoms with Gasteiger partial charge in [-0.1, -0.05) is 67.6 Å². The van der Waals surface area contributed by atoms with Crippen LogP contribution in [-0.4, -0.2) is 41.3 Å². The summed E-state index contributed by atoms with van der Waals surface area (Å²) in [5, 5.41) is 1.22. The van der Waals surface area contributed by atoms with Gasteiger partial charge < -0.3 is 9.88 Å². The van der Waals surface area contributed by atoms with Crippen LogP contribution in [0, 0.1) is 5.82 Å². The van der Waals surface area contributed by atoms with Crippen LogP contribution in [0.5, 0.6) is 0 Å². The molecule has 2 unspecified atom stereocenters. The molecule has 5 heteroatoms. The molecule has 0 fully saturated rings. The summed E-state index contributed by atoms with van der Waals surface area (Å²) in [4.78, 5) is 21.5. The maximum Gasteiger partial charge on any atom is 0.257 e. The lowest BCUT2D eigenvalue weighted by atomic mass is 9.79. The number of nitrogens with zero attached hydrogens (tertiary/aromatic N) is 2. The maximum atomic E-state index is 14.7. The average Bonchev–Trinajstić information content (AvgIpc) is 3.28. The summed E-state index contributed by atoms with van der Waals surface area (Å²) < 4.78 is 14.7. The van der Waals surface area contributed by atoms with Crippen molar-refractivity contribution in [2.24, 2.45) is 0 Å². The summed E-state index contributed by atoms with van der Waals surface area (Å²) in [6.45, 7) is 2.80. The van der Waals surface area contributed by atoms with Crippen molar-refractivity contribution >= 4 is 16.8 Å². The quantitative estimate of drug-likeness (QED) is 0.318. The van der Waals surface area contributed by atoms with Gasteiger partial charge in [-0.25, -0.2) is 4.39 Å². The first-order valence-electron chi connectivity index (χ1n) is 12.8. The average molecular weight is 484 g/mol. The van der Waals surface area contributed by atoms with Crippen LogP contribution in [0.3, 0.4) is 0 Å². The minimum atomic E-state index is -0.468. The van der Waals surface area contributed by atoms with E-state index in [-0.39, 0.29) is 23.1 Å². The fourth-order valence-electron chi connectivity index (χ4n) is 6.10. The largest absolute Gasteiger partial charge is 0.356 e. The zero-order valence-electron chi connectivity index (χ0n) is 21.3. The lowest BCUT2D eigenvalue weighted by Gasteiger charge is -2.43. The lowest BCUT2D eigenvalue weighted by Crippen LogP contribution is -2.44. The van der Waals surface area contributed by atoms with E-state index in [9.17, 15) is 9.18 Å². The Labute approximate surface area is 212 Å². The Morgan fingerprint density at radius 1 is 1.03 bits per heavy atom. The molecule has 1 aliphatic heterocycles. The number of benzene rings is 3. The molecule has 1 amide bonds. The molecule has 4 aromatic rings. The Morgan fingerprint density at radius 2 is 1.72 bits per heavy atom. The van der Waals surface area contributed by atoms with E-state index in [0.29, 0.717) is 6.54 Å². The number of aromatic amines is 1. The van der Waals surface area contributed by atoms with Gasteiger partial charge in [-0.3, -0.25) is 9.69 Å². The molecule has 186 valence electrons. The molecular formula is C31H34FN3O. The number of carbonyl (C=O) groups is 1. The van der Waals surface area contributed by atoms with E-state index >= 15 is 0 Å². The van der Waals surface area contributed by atoms with Crippen molar-refractivity contribution < 1.29 is 9.18 Å². The predicted molar refractivity (Wildman–Crippen MR) is 144 cm³/mol. The van der Waals surface area contributed by atoms with Crippen molar-refractivity contribution in [1.29, 1.82) is 0 Å². The second kappa shape index (κ2) is 9.90. The van der Waals surface area contributed by atoms with Gasteiger partial charge in [0.1, 0.15) is 5.82 Å². The molecule has 0 saturated heterocycles. The molecule has 5 rings (SSSR count). The van der Waals surface area contributed by atoms with E-state index in [0.717, 1.165) is 36.9 Å². The van der Waals surface area contributed by atoms with Crippen molar-refractivity contribution in [2.75, 3.05) is 20.6 Å². The number of carbonyl (C=O) groups excluding carboxylic acids is 1. The van der Waals surface area contributed by atoms with Gasteiger partial charge in [-0.05, 0) is 69.1 Å². The smallest absolute Gasteiger partial charge is 0.257 e. The fraction of sp³-hybridized carbons (Fsp3) is 0.323. The minimum Gasteiger partial charge on any atom is -0.356 e. The highest BCUT2D eigenvalue weighted by Crippen LogP contribution is 2.42. The number of hydrogen-bond donors (Lipinski definition) is 1. The van der Waals surface area contributed by atoms with E-state index in [1.807, 2.05) is 17.0 Å². The van der Waals surface area contributed by atoms with Crippen LogP contribution in [0.1, 0.15) is 59.4 Å². The standard InChI is InChI=1S/C31H34FN3O/c1-4-31(34(2)3,22-12-6-5-7-13-22)20-18-28-29-24(23-14-9-11-17-27(23)33-29)19-21-35(28)30(36)25-15-8-10-16-26(25)32/h5-17,28,33H,4,18-21H2,1-3H3. The van der Waals surface area contributed by atoms with E-state index in [4.69, 9.17) is 0 Å². The summed E-state index contributed by atoms with van der Waals surface area (Å²) in [6.07, 6.45) is 3.32. The topological polar surface area (TPSA) is 39.3 Å². The zero-order chi connectivity index (χ0) is 25.3. The number of amides is 1. The summed E-state index contributed by atoms with van der Waals surface area (Å²) >= 11 is 0. The number of H-pyrrole nitrogens is 1. The number of hydrogen-bond acceptors (Lipinski definition) is 2. The van der Waals surface area contributed by atoms with E-state index in [1.165, 1.54) is 22.6 Å². The van der Waals surface area contributed by atoms with Crippen LogP contribution in [0.15, 0.2) is 78.9 Å². The predicted octanol–water partition coefficient (Wildman–Crippen LogP) is 6.69. The van der Waals surface area contributed by atoms with Gasteiger partial charge in [0.05, 0.1) is 11.6 Å². The third kappa shape index (κ3) is 4.11. The Bertz CT molecular complexity index is 1360. The first-order valence-corrected chi connectivity index (χ1v) is 12.8. The number of nitrogens with one attached hydrogen (secondary N) is 1. The molecule has 1 aliphatic rings. The summed E-state index contributed by atoms with van der Waals surface area (Å²) in [6, 6.07) is 25.1. The highest BCUT2D eigenvalue weighted by atomic mass is 19.1. The molecule has 1 N–H and O–H groups in total. The molecule has 36 heavy (non-hydrogen) atoms. The first kappa shape index (κ1) is 24.3. The van der Waals surface area contributed by atoms with Crippen LogP contribution in [0.25, 0.3) is 10.9 Å². The highest BCUT2D eigenvalue weighted by Gasteiger charge is 2.38. The number of aromatic nitrogens is 1. The van der Waals surface area contributed by atoms with E-state index in [1.54, 1.807) is 18.2 Å². The molecule has 0 bridgehead atoms. The van der Waals surface area contributed by atoms with Crippen LogP contribution < -0.4 is 0 Å². The normalized spacial score (nSPS) is 17.2. The van der Waals surface area contributed by atoms with Gasteiger partial charge in [0.15, 0.2) is 0 Å². The van der Waals surface area contributed by atoms with Gasteiger partial charge in [-0.2, -0.15) is 0 Å². The molecule has 0 spiro atoms. The van der Waals surface area contributed by atoms with Crippen LogP contribution >= 0.6 is 0 Å². The summed E-state index contributed by atoms with van der Waals surface area (Å²) in [5.41, 5.74) is 4.70. The van der Waals surface area contributed by atoms with E-state index in [2.05, 4.69) is 73.4 Å². The maximum absolute atomic E-state index is 14.7. The van der Waals surface area contributed by atoms with Crippen LogP contribution in [0.2, 0.25) is 0 Å². The highest BCUT2D eigenvalue weighted by molar-refractivity contribution is 5.95. The Kier molecular flexibility index (Phi) is 6.67. The molecule has 0 aliphatic carbocycles. The molecule has 2 heterocycles. The van der Waals surface area contributed by atoms with Gasteiger partial charge in [-0.15, -0.1) is 0 Å². The van der Waals surface area contributed by atoms with Crippen LogP contribution in [-0.2, 0) is 12.0 Å².